The molecule has 12 aromatic rings. The second-order valence-corrected chi connectivity index (χ2v) is 20.6. The zero-order valence-electron chi connectivity index (χ0n) is 39.8. The molecule has 0 aliphatic heterocycles. The molecule has 14 rings (SSSR count). The third-order valence-electron chi connectivity index (χ3n) is 15.9. The first-order valence-corrected chi connectivity index (χ1v) is 24.7. The van der Waals surface area contributed by atoms with Crippen molar-refractivity contribution in [3.8, 4) is 33.6 Å². The molecule has 332 valence electrons. The Kier molecular flexibility index (Phi) is 8.71. The van der Waals surface area contributed by atoms with E-state index >= 15 is 0 Å². The van der Waals surface area contributed by atoms with Crippen LogP contribution in [0.15, 0.2) is 206 Å². The summed E-state index contributed by atoms with van der Waals surface area (Å²) in [5.74, 6) is 0. The summed E-state index contributed by atoms with van der Waals surface area (Å²) in [6.07, 6.45) is 9.13. The van der Waals surface area contributed by atoms with E-state index in [1.54, 1.807) is 0 Å². The molecule has 0 amide bonds. The lowest BCUT2D eigenvalue weighted by Crippen LogP contribution is -2.17. The number of aromatic nitrogens is 2. The van der Waals surface area contributed by atoms with Gasteiger partial charge in [0.1, 0.15) is 0 Å². The number of hydrogen-bond donors (Lipinski definition) is 0. The number of hydrogen-bond acceptors (Lipinski definition) is 0. The van der Waals surface area contributed by atoms with Gasteiger partial charge < -0.3 is 9.13 Å². The van der Waals surface area contributed by atoms with Crippen LogP contribution in [0.4, 0.5) is 0 Å². The lowest BCUT2D eigenvalue weighted by molar-refractivity contribution is 0.652. The fraction of sp³-hybridized carbons (Fsp3) is 0.0882. The van der Waals surface area contributed by atoms with Crippen molar-refractivity contribution in [2.75, 3.05) is 0 Å². The van der Waals surface area contributed by atoms with Crippen LogP contribution >= 0.6 is 0 Å². The Hall–Kier alpha value is -8.46. The van der Waals surface area contributed by atoms with Crippen molar-refractivity contribution in [1.82, 2.24) is 9.13 Å². The van der Waals surface area contributed by atoms with Crippen LogP contribution in [0.2, 0.25) is 0 Å². The molecule has 0 radical (unpaired) electrons. The van der Waals surface area contributed by atoms with Crippen LogP contribution in [0.1, 0.15) is 72.2 Å². The highest BCUT2D eigenvalue weighted by atomic mass is 15.0. The summed E-state index contributed by atoms with van der Waals surface area (Å²) in [7, 11) is 0. The smallest absolute Gasteiger partial charge is 0.0541 e. The molecule has 2 nitrogen and oxygen atoms in total. The number of fused-ring (bicyclic) bond motifs is 13. The van der Waals surface area contributed by atoms with E-state index in [0.29, 0.717) is 0 Å². The third kappa shape index (κ3) is 5.99. The molecule has 70 heavy (non-hydrogen) atoms. The van der Waals surface area contributed by atoms with Crippen molar-refractivity contribution < 1.29 is 0 Å². The van der Waals surface area contributed by atoms with Crippen LogP contribution in [0, 0.1) is 0 Å². The maximum absolute atomic E-state index is 2.52. The maximum Gasteiger partial charge on any atom is 0.0541 e. The average molecular weight is 895 g/mol. The Morgan fingerprint density at radius 1 is 0.300 bits per heavy atom. The molecule has 2 heterocycles. The van der Waals surface area contributed by atoms with Crippen molar-refractivity contribution in [2.24, 2.45) is 0 Å². The monoisotopic (exact) mass is 894 g/mol. The summed E-state index contributed by atoms with van der Waals surface area (Å²) in [5.41, 5.74) is 22.9. The van der Waals surface area contributed by atoms with E-state index < -0.39 is 0 Å². The predicted octanol–water partition coefficient (Wildman–Crippen LogP) is 18.0. The maximum atomic E-state index is 2.52. The van der Waals surface area contributed by atoms with Crippen LogP contribution < -0.4 is 0 Å². The molecule has 2 heteroatoms. The first-order chi connectivity index (χ1) is 34.2. The van der Waals surface area contributed by atoms with Crippen LogP contribution in [-0.2, 0) is 10.8 Å². The first kappa shape index (κ1) is 40.6. The largest absolute Gasteiger partial charge is 0.309 e. The molecule has 0 bridgehead atoms. The summed E-state index contributed by atoms with van der Waals surface area (Å²) in [5, 5.41) is 7.57. The lowest BCUT2D eigenvalue weighted by Gasteiger charge is -2.24. The van der Waals surface area contributed by atoms with Crippen molar-refractivity contribution in [3.05, 3.63) is 251 Å². The zero-order chi connectivity index (χ0) is 46.9. The molecule has 10 aromatic carbocycles. The van der Waals surface area contributed by atoms with Crippen molar-refractivity contribution in [1.29, 1.82) is 0 Å². The van der Waals surface area contributed by atoms with Gasteiger partial charge in [0.15, 0.2) is 0 Å². The van der Waals surface area contributed by atoms with Crippen molar-refractivity contribution in [3.63, 3.8) is 0 Å². The summed E-state index contributed by atoms with van der Waals surface area (Å²) in [6.45, 7) is 9.62. The molecule has 2 aliphatic carbocycles. The molecule has 0 atom stereocenters. The summed E-state index contributed by atoms with van der Waals surface area (Å²) in [4.78, 5) is 0. The SMILES string of the molecule is CC1(C)c2cc(C=Cc3ccc4c(c3)c3ccccc3n4-c3ccccc3)ccc2-c2cc3c(cc21)-c1ccc(C=Cc2ccc4c(c2)c2ccccc2n4-c2cccc4ccccc24)cc1C3(C)C. The normalized spacial score (nSPS) is 14.4. The average Bonchev–Trinajstić information content (AvgIpc) is 4.05. The minimum absolute atomic E-state index is 0.139. The summed E-state index contributed by atoms with van der Waals surface area (Å²) < 4.78 is 4.81. The Morgan fingerprint density at radius 2 is 0.714 bits per heavy atom. The van der Waals surface area contributed by atoms with Crippen LogP contribution in [-0.4, -0.2) is 9.13 Å². The van der Waals surface area contributed by atoms with Gasteiger partial charge in [-0.05, 0) is 139 Å². The minimum Gasteiger partial charge on any atom is -0.309 e. The molecular formula is C68H50N2. The number of nitrogens with zero attached hydrogens (tertiary/aromatic N) is 2. The van der Waals surface area contributed by atoms with E-state index in [4.69, 9.17) is 0 Å². The molecule has 0 saturated carbocycles. The lowest BCUT2D eigenvalue weighted by atomic mass is 9.79. The van der Waals surface area contributed by atoms with Gasteiger partial charge in [-0.1, -0.05) is 192 Å². The predicted molar refractivity (Wildman–Crippen MR) is 298 cm³/mol. The highest BCUT2D eigenvalue weighted by Gasteiger charge is 2.41. The van der Waals surface area contributed by atoms with Crippen LogP contribution in [0.3, 0.4) is 0 Å². The molecule has 2 aromatic heterocycles. The van der Waals surface area contributed by atoms with E-state index in [1.807, 2.05) is 0 Å². The molecule has 0 spiro atoms. The second kappa shape index (κ2) is 15.0. The summed E-state index contributed by atoms with van der Waals surface area (Å²) in [6, 6.07) is 76.5. The van der Waals surface area contributed by atoms with Gasteiger partial charge in [0.25, 0.3) is 0 Å². The molecule has 0 fully saturated rings. The van der Waals surface area contributed by atoms with Gasteiger partial charge in [0.2, 0.25) is 0 Å². The molecular weight excluding hydrogens is 845 g/mol. The van der Waals surface area contributed by atoms with E-state index in [1.165, 1.54) is 133 Å². The number of rotatable bonds is 6. The van der Waals surface area contributed by atoms with Gasteiger partial charge >= 0.3 is 0 Å². The highest BCUT2D eigenvalue weighted by molar-refractivity contribution is 6.12. The number of para-hydroxylation sites is 3. The van der Waals surface area contributed by atoms with Crippen molar-refractivity contribution >= 4 is 78.7 Å². The number of benzene rings is 10. The van der Waals surface area contributed by atoms with E-state index in [9.17, 15) is 0 Å². The van der Waals surface area contributed by atoms with Gasteiger partial charge in [0.05, 0.1) is 27.8 Å². The quantitative estimate of drug-likeness (QED) is 0.147. The van der Waals surface area contributed by atoms with E-state index in [2.05, 4.69) is 267 Å². The fourth-order valence-electron chi connectivity index (χ4n) is 12.3. The van der Waals surface area contributed by atoms with Gasteiger partial charge in [-0.15, -0.1) is 0 Å². The van der Waals surface area contributed by atoms with Gasteiger partial charge in [-0.3, -0.25) is 0 Å². The van der Waals surface area contributed by atoms with Gasteiger partial charge in [0, 0.05) is 43.4 Å². The van der Waals surface area contributed by atoms with Gasteiger partial charge in [-0.2, -0.15) is 0 Å². The second-order valence-electron chi connectivity index (χ2n) is 20.6. The molecule has 0 N–H and O–H groups in total. The minimum atomic E-state index is -0.143. The Balaban J connectivity index is 0.761. The Morgan fingerprint density at radius 3 is 1.29 bits per heavy atom. The van der Waals surface area contributed by atoms with E-state index in [0.717, 1.165) is 0 Å². The third-order valence-corrected chi connectivity index (χ3v) is 15.9. The van der Waals surface area contributed by atoms with Crippen LogP contribution in [0.25, 0.3) is 112 Å². The highest BCUT2D eigenvalue weighted by Crippen LogP contribution is 2.56. The zero-order valence-corrected chi connectivity index (χ0v) is 39.8. The van der Waals surface area contributed by atoms with E-state index in [-0.39, 0.29) is 10.8 Å². The van der Waals surface area contributed by atoms with Crippen LogP contribution in [0.5, 0.6) is 0 Å². The fourth-order valence-corrected chi connectivity index (χ4v) is 12.3. The Bertz CT molecular complexity index is 4220. The van der Waals surface area contributed by atoms with Crippen molar-refractivity contribution in [2.45, 2.75) is 38.5 Å². The van der Waals surface area contributed by atoms with Gasteiger partial charge in [-0.25, -0.2) is 0 Å². The Labute approximate surface area is 408 Å². The first-order valence-electron chi connectivity index (χ1n) is 24.7. The standard InChI is InChI=1S/C68H50N2/c1-67(2)58-39-45(27-25-43-31-35-65-56(37-43)52-20-10-12-22-63(52)69(65)48-17-6-5-7-18-48)29-33-50(58)54-41-61-55(42-60(54)67)51-34-30-46(40-59(51)68(61,3)4)28-26-44-32-36-66-57(38-44)53-21-11-13-23-64(53)70(66)62-24-14-16-47-15-8-9-19-49(47)62/h5-42H,1-4H3. The molecule has 2 aliphatic rings. The molecule has 0 saturated heterocycles. The summed E-state index contributed by atoms with van der Waals surface area (Å²) >= 11 is 0. The molecule has 0 unspecified atom stereocenters. The topological polar surface area (TPSA) is 9.86 Å².